The Balaban J connectivity index is 1.65. The summed E-state index contributed by atoms with van der Waals surface area (Å²) in [5.74, 6) is -0.878. The highest BCUT2D eigenvalue weighted by atomic mass is 19.1. The highest BCUT2D eigenvalue weighted by Crippen LogP contribution is 2.41. The first-order valence-corrected chi connectivity index (χ1v) is 13.9. The van der Waals surface area contributed by atoms with Crippen LogP contribution >= 0.6 is 0 Å². The number of ether oxygens (including phenoxy) is 1. The average molecular weight is 555 g/mol. The Bertz CT molecular complexity index is 1620. The summed E-state index contributed by atoms with van der Waals surface area (Å²) in [6.07, 6.45) is 4.57. The number of anilines is 1. The number of hydrogen-bond donors (Lipinski definition) is 2. The van der Waals surface area contributed by atoms with Gasteiger partial charge in [0.05, 0.1) is 17.4 Å². The molecule has 2 aromatic carbocycles. The van der Waals surface area contributed by atoms with Gasteiger partial charge in [-0.3, -0.25) is 4.79 Å². The van der Waals surface area contributed by atoms with Gasteiger partial charge in [-0.1, -0.05) is 30.8 Å². The molecule has 5 rings (SSSR count). The minimum absolute atomic E-state index is 0.287. The quantitative estimate of drug-likeness (QED) is 0.193. The number of aromatic amines is 1. The minimum atomic E-state index is -0.486. The van der Waals surface area contributed by atoms with Gasteiger partial charge >= 0.3 is 5.97 Å². The van der Waals surface area contributed by atoms with Gasteiger partial charge in [-0.25, -0.2) is 14.2 Å². The maximum Gasteiger partial charge on any atom is 0.339 e. The zero-order valence-electron chi connectivity index (χ0n) is 23.9. The summed E-state index contributed by atoms with van der Waals surface area (Å²) in [6, 6.07) is 13.3. The normalized spacial score (nSPS) is 14.4. The van der Waals surface area contributed by atoms with Crippen LogP contribution in [-0.2, 0) is 9.53 Å². The van der Waals surface area contributed by atoms with Crippen molar-refractivity contribution >= 4 is 28.6 Å². The highest BCUT2D eigenvalue weighted by molar-refractivity contribution is 6.06. The second-order valence-electron chi connectivity index (χ2n) is 11.0. The van der Waals surface area contributed by atoms with Crippen molar-refractivity contribution in [2.45, 2.75) is 45.6 Å². The van der Waals surface area contributed by atoms with Crippen LogP contribution in [0, 0.1) is 12.7 Å². The van der Waals surface area contributed by atoms with Crippen LogP contribution in [0.15, 0.2) is 61.3 Å². The predicted octanol–water partition coefficient (Wildman–Crippen LogP) is 6.84. The van der Waals surface area contributed by atoms with Gasteiger partial charge in [-0.05, 0) is 101 Å². The number of halogens is 1. The highest BCUT2D eigenvalue weighted by Gasteiger charge is 2.22. The molecule has 1 amide bonds. The van der Waals surface area contributed by atoms with Crippen LogP contribution in [-0.4, -0.2) is 53.0 Å². The third-order valence-corrected chi connectivity index (χ3v) is 7.69. The van der Waals surface area contributed by atoms with Gasteiger partial charge in [-0.15, -0.1) is 0 Å². The molecule has 2 aromatic heterocycles. The lowest BCUT2D eigenvalue weighted by Gasteiger charge is -2.29. The van der Waals surface area contributed by atoms with E-state index >= 15 is 4.39 Å². The number of esters is 1. The maximum absolute atomic E-state index is 15.3. The standard InChI is InChI=1S/C33H35FN4O3/c1-6-29(39)36-28-17-24(16-27(34)20(28)4)30-26-15-25(33(40)41-19(2)3)18-35-32(26)37-31(30)23-9-7-21(8-10-23)22-11-13-38(5)14-12-22/h6-10,15-19,22H,1,11-14H2,2-5H3,(H,35,37)(H,36,39). The van der Waals surface area contributed by atoms with E-state index in [4.69, 9.17) is 4.74 Å². The van der Waals surface area contributed by atoms with Crippen molar-refractivity contribution in [3.05, 3.63) is 83.8 Å². The number of carbonyl (C=O) groups excluding carboxylic acids is 2. The Kier molecular flexibility index (Phi) is 8.03. The lowest BCUT2D eigenvalue weighted by molar-refractivity contribution is -0.111. The lowest BCUT2D eigenvalue weighted by Crippen LogP contribution is -2.29. The molecule has 0 saturated carbocycles. The van der Waals surface area contributed by atoms with Gasteiger partial charge in [0, 0.05) is 28.4 Å². The molecule has 0 atom stereocenters. The Morgan fingerprint density at radius 1 is 1.15 bits per heavy atom. The van der Waals surface area contributed by atoms with Crippen LogP contribution in [0.3, 0.4) is 0 Å². The smallest absolute Gasteiger partial charge is 0.339 e. The van der Waals surface area contributed by atoms with Gasteiger partial charge < -0.3 is 19.9 Å². The number of nitrogens with zero attached hydrogens (tertiary/aromatic N) is 2. The number of nitrogens with one attached hydrogen (secondary N) is 2. The number of pyridine rings is 1. The molecule has 0 radical (unpaired) electrons. The summed E-state index contributed by atoms with van der Waals surface area (Å²) in [5, 5.41) is 3.35. The van der Waals surface area contributed by atoms with E-state index in [1.807, 2.05) is 0 Å². The van der Waals surface area contributed by atoms with Crippen LogP contribution in [0.1, 0.15) is 54.1 Å². The molecule has 212 valence electrons. The van der Waals surface area contributed by atoms with Crippen molar-refractivity contribution in [1.29, 1.82) is 0 Å². The van der Waals surface area contributed by atoms with Crippen molar-refractivity contribution in [2.24, 2.45) is 0 Å². The molecule has 0 spiro atoms. The Labute approximate surface area is 239 Å². The molecule has 1 fully saturated rings. The average Bonchev–Trinajstić information content (AvgIpc) is 3.34. The van der Waals surface area contributed by atoms with Crippen LogP contribution in [0.5, 0.6) is 0 Å². The van der Waals surface area contributed by atoms with Gasteiger partial charge in [0.15, 0.2) is 0 Å². The number of piperidine rings is 1. The molecule has 8 heteroatoms. The minimum Gasteiger partial charge on any atom is -0.459 e. The van der Waals surface area contributed by atoms with Crippen molar-refractivity contribution in [1.82, 2.24) is 14.9 Å². The first-order chi connectivity index (χ1) is 19.6. The van der Waals surface area contributed by atoms with E-state index in [2.05, 4.69) is 58.1 Å². The molecule has 1 saturated heterocycles. The zero-order chi connectivity index (χ0) is 29.3. The van der Waals surface area contributed by atoms with Gasteiger partial charge in [-0.2, -0.15) is 0 Å². The lowest BCUT2D eigenvalue weighted by atomic mass is 9.88. The van der Waals surface area contributed by atoms with Crippen molar-refractivity contribution in [3.8, 4) is 22.4 Å². The number of hydrogen-bond acceptors (Lipinski definition) is 5. The number of aromatic nitrogens is 2. The number of amides is 1. The molecular weight excluding hydrogens is 519 g/mol. The molecule has 2 N–H and O–H groups in total. The zero-order valence-corrected chi connectivity index (χ0v) is 23.9. The first kappa shape index (κ1) is 28.2. The number of benzene rings is 2. The van der Waals surface area contributed by atoms with E-state index in [9.17, 15) is 9.59 Å². The molecule has 0 aliphatic carbocycles. The van der Waals surface area contributed by atoms with Crippen molar-refractivity contribution < 1.29 is 18.7 Å². The monoisotopic (exact) mass is 554 g/mol. The summed E-state index contributed by atoms with van der Waals surface area (Å²) in [7, 11) is 2.15. The fourth-order valence-corrected chi connectivity index (χ4v) is 5.38. The van der Waals surface area contributed by atoms with Crippen molar-refractivity contribution in [3.63, 3.8) is 0 Å². The molecule has 41 heavy (non-hydrogen) atoms. The number of fused-ring (bicyclic) bond motifs is 1. The largest absolute Gasteiger partial charge is 0.459 e. The summed E-state index contributed by atoms with van der Waals surface area (Å²) in [4.78, 5) is 35.1. The number of carbonyl (C=O) groups is 2. The fraction of sp³-hybridized carbons (Fsp3) is 0.303. The Morgan fingerprint density at radius 3 is 2.51 bits per heavy atom. The molecule has 3 heterocycles. The molecule has 7 nitrogen and oxygen atoms in total. The first-order valence-electron chi connectivity index (χ1n) is 13.9. The van der Waals surface area contributed by atoms with Crippen LogP contribution < -0.4 is 5.32 Å². The second kappa shape index (κ2) is 11.7. The predicted molar refractivity (Wildman–Crippen MR) is 161 cm³/mol. The van der Waals surface area contributed by atoms with E-state index in [1.54, 1.807) is 32.9 Å². The maximum atomic E-state index is 15.3. The van der Waals surface area contributed by atoms with E-state index in [0.717, 1.165) is 43.3 Å². The van der Waals surface area contributed by atoms with Gasteiger partial charge in [0.1, 0.15) is 11.5 Å². The molecule has 4 aromatic rings. The van der Waals surface area contributed by atoms with Gasteiger partial charge in [0.2, 0.25) is 5.91 Å². The van der Waals surface area contributed by atoms with Gasteiger partial charge in [0.25, 0.3) is 0 Å². The summed E-state index contributed by atoms with van der Waals surface area (Å²) in [5.41, 5.74) is 5.64. The number of rotatable bonds is 7. The number of H-pyrrole nitrogens is 1. The summed E-state index contributed by atoms with van der Waals surface area (Å²) < 4.78 is 20.7. The second-order valence-corrected chi connectivity index (χ2v) is 11.0. The van der Waals surface area contributed by atoms with E-state index in [-0.39, 0.29) is 6.10 Å². The van der Waals surface area contributed by atoms with E-state index in [1.165, 1.54) is 17.8 Å². The van der Waals surface area contributed by atoms with E-state index < -0.39 is 17.7 Å². The SMILES string of the molecule is C=CC(=O)Nc1cc(-c2c(-c3ccc(C4CCN(C)CC4)cc3)[nH]c3ncc(C(=O)OC(C)C)cc23)cc(F)c1C. The van der Waals surface area contributed by atoms with Crippen molar-refractivity contribution in [2.75, 3.05) is 25.5 Å². The summed E-state index contributed by atoms with van der Waals surface area (Å²) in [6.45, 7) is 10.8. The third kappa shape index (κ3) is 5.93. The Hall–Kier alpha value is -4.30. The molecule has 1 aliphatic rings. The Morgan fingerprint density at radius 2 is 1.85 bits per heavy atom. The van der Waals surface area contributed by atoms with Crippen LogP contribution in [0.2, 0.25) is 0 Å². The number of likely N-dealkylation sites (tertiary alicyclic amines) is 1. The van der Waals surface area contributed by atoms with Crippen LogP contribution in [0.4, 0.5) is 10.1 Å². The summed E-state index contributed by atoms with van der Waals surface area (Å²) >= 11 is 0. The third-order valence-electron chi connectivity index (χ3n) is 7.69. The molecule has 1 aliphatic heterocycles. The fourth-order valence-electron chi connectivity index (χ4n) is 5.38. The molecule has 0 bridgehead atoms. The van der Waals surface area contributed by atoms with E-state index in [0.29, 0.717) is 44.9 Å². The molecule has 0 unspecified atom stereocenters. The topological polar surface area (TPSA) is 87.3 Å². The molecular formula is C33H35FN4O3. The van der Waals surface area contributed by atoms with Crippen LogP contribution in [0.25, 0.3) is 33.4 Å².